The van der Waals surface area contributed by atoms with Crippen LogP contribution in [-0.4, -0.2) is 24.5 Å². The maximum absolute atomic E-state index is 13.4. The van der Waals surface area contributed by atoms with Gasteiger partial charge in [0.25, 0.3) is 10.1 Å². The summed E-state index contributed by atoms with van der Waals surface area (Å²) in [5, 5.41) is 3.10. The first kappa shape index (κ1) is 20.4. The fourth-order valence-corrected chi connectivity index (χ4v) is 5.22. The highest BCUT2D eigenvalue weighted by molar-refractivity contribution is 7.86. The Morgan fingerprint density at radius 1 is 0.844 bits per heavy atom. The topological polar surface area (TPSA) is 127 Å². The largest absolute Gasteiger partial charge is 0.397 e. The van der Waals surface area contributed by atoms with Crippen molar-refractivity contribution in [2.24, 2.45) is 0 Å². The van der Waals surface area contributed by atoms with Gasteiger partial charge < -0.3 is 11.1 Å². The molecule has 0 amide bonds. The lowest BCUT2D eigenvalue weighted by Gasteiger charge is -2.24. The first-order valence-electron chi connectivity index (χ1n) is 10.3. The molecule has 2 aliphatic carbocycles. The van der Waals surface area contributed by atoms with E-state index in [9.17, 15) is 22.6 Å². The fraction of sp³-hybridized carbons (Fsp3) is 0.167. The van der Waals surface area contributed by atoms with Crippen LogP contribution in [0.25, 0.3) is 0 Å². The highest BCUT2D eigenvalue weighted by atomic mass is 32.2. The van der Waals surface area contributed by atoms with E-state index in [2.05, 4.69) is 5.32 Å². The Kier molecular flexibility index (Phi) is 4.65. The number of nitrogens with two attached hydrogens (primary N) is 1. The predicted molar refractivity (Wildman–Crippen MR) is 120 cm³/mol. The monoisotopic (exact) mass is 448 g/mol. The quantitative estimate of drug-likeness (QED) is 0.320. The van der Waals surface area contributed by atoms with Crippen LogP contribution < -0.4 is 11.1 Å². The van der Waals surface area contributed by atoms with Crippen LogP contribution >= 0.6 is 0 Å². The van der Waals surface area contributed by atoms with Gasteiger partial charge >= 0.3 is 0 Å². The highest BCUT2D eigenvalue weighted by Crippen LogP contribution is 2.40. The molecule has 0 saturated carbocycles. The van der Waals surface area contributed by atoms with Crippen LogP contribution in [0.4, 0.5) is 17.1 Å². The van der Waals surface area contributed by atoms with Gasteiger partial charge in [-0.3, -0.25) is 14.1 Å². The summed E-state index contributed by atoms with van der Waals surface area (Å²) in [6.07, 6.45) is 4.17. The summed E-state index contributed by atoms with van der Waals surface area (Å²) >= 11 is 0. The summed E-state index contributed by atoms with van der Waals surface area (Å²) in [6, 6.07) is 13.2. The number of anilines is 3. The standard InChI is InChI=1S/C24H20N2O5S/c25-22-19(32(29,30)31)12-18(26-15-10-9-13-5-1-2-6-14(13)11-15)20-21(22)24(28)17-8-4-3-7-16(17)23(20)27/h3-4,7-12,26H,1-2,5-6,25H2,(H,29,30,31). The number of nitrogen functional groups attached to an aromatic ring is 1. The Bertz CT molecular complexity index is 1430. The SMILES string of the molecule is Nc1c(S(=O)(=O)O)cc(Nc2ccc3c(c2)CCCC3)c2c1C(=O)c1ccccc1C2=O. The maximum atomic E-state index is 13.4. The van der Waals surface area contributed by atoms with Gasteiger partial charge in [0.1, 0.15) is 4.90 Å². The van der Waals surface area contributed by atoms with Crippen LogP contribution in [-0.2, 0) is 23.0 Å². The van der Waals surface area contributed by atoms with Crippen LogP contribution in [0.15, 0.2) is 53.4 Å². The average molecular weight is 449 g/mol. The molecule has 2 aliphatic rings. The van der Waals surface area contributed by atoms with Gasteiger partial charge in [-0.2, -0.15) is 8.42 Å². The van der Waals surface area contributed by atoms with Crippen molar-refractivity contribution >= 4 is 38.7 Å². The van der Waals surface area contributed by atoms with E-state index in [1.54, 1.807) is 18.2 Å². The Balaban J connectivity index is 1.73. The number of nitrogens with one attached hydrogen (secondary N) is 1. The van der Waals surface area contributed by atoms with E-state index in [-0.39, 0.29) is 27.9 Å². The molecule has 0 bridgehead atoms. The second-order valence-electron chi connectivity index (χ2n) is 8.08. The first-order chi connectivity index (χ1) is 15.3. The lowest BCUT2D eigenvalue weighted by atomic mass is 9.82. The van der Waals surface area contributed by atoms with E-state index in [1.165, 1.54) is 17.2 Å². The van der Waals surface area contributed by atoms with Crippen LogP contribution in [0, 0.1) is 0 Å². The van der Waals surface area contributed by atoms with Crippen LogP contribution in [0.1, 0.15) is 55.8 Å². The van der Waals surface area contributed by atoms with E-state index in [0.717, 1.165) is 31.7 Å². The number of ketones is 2. The number of aryl methyl sites for hydroxylation is 2. The highest BCUT2D eigenvalue weighted by Gasteiger charge is 2.36. The minimum absolute atomic E-state index is 0.00341. The molecule has 7 nitrogen and oxygen atoms in total. The van der Waals surface area contributed by atoms with Crippen molar-refractivity contribution in [2.45, 2.75) is 30.6 Å². The molecule has 32 heavy (non-hydrogen) atoms. The minimum Gasteiger partial charge on any atom is -0.397 e. The molecule has 0 unspecified atom stereocenters. The number of carbonyl (C=O) groups is 2. The first-order valence-corrected chi connectivity index (χ1v) is 11.7. The zero-order valence-corrected chi connectivity index (χ0v) is 17.8. The summed E-state index contributed by atoms with van der Waals surface area (Å²) in [5.74, 6) is -1.00. The molecule has 3 aromatic rings. The average Bonchev–Trinajstić information content (AvgIpc) is 2.77. The van der Waals surface area contributed by atoms with E-state index in [4.69, 9.17) is 5.73 Å². The number of hydrogen-bond donors (Lipinski definition) is 3. The molecule has 0 saturated heterocycles. The van der Waals surface area contributed by atoms with Crippen LogP contribution in [0.2, 0.25) is 0 Å². The van der Waals surface area contributed by atoms with Gasteiger partial charge in [-0.15, -0.1) is 0 Å². The number of rotatable bonds is 3. The van der Waals surface area contributed by atoms with Gasteiger partial charge in [-0.25, -0.2) is 0 Å². The van der Waals surface area contributed by atoms with E-state index in [1.807, 2.05) is 18.2 Å². The van der Waals surface area contributed by atoms with E-state index < -0.39 is 32.3 Å². The summed E-state index contributed by atoms with van der Waals surface area (Å²) < 4.78 is 33.8. The molecule has 8 heteroatoms. The minimum atomic E-state index is -4.74. The number of fused-ring (bicyclic) bond motifs is 3. The number of benzene rings is 3. The van der Waals surface area contributed by atoms with Crippen LogP contribution in [0.3, 0.4) is 0 Å². The lowest BCUT2D eigenvalue weighted by Crippen LogP contribution is -2.25. The van der Waals surface area contributed by atoms with Gasteiger partial charge in [0.2, 0.25) is 0 Å². The smallest absolute Gasteiger partial charge is 0.296 e. The Labute approximate surface area is 185 Å². The third-order valence-electron chi connectivity index (χ3n) is 6.11. The normalized spacial score (nSPS) is 15.0. The van der Waals surface area contributed by atoms with E-state index in [0.29, 0.717) is 5.69 Å². The third-order valence-corrected chi connectivity index (χ3v) is 7.00. The molecule has 0 radical (unpaired) electrons. The summed E-state index contributed by atoms with van der Waals surface area (Å²) in [6.45, 7) is 0. The van der Waals surface area contributed by atoms with Gasteiger partial charge in [-0.05, 0) is 55.0 Å². The van der Waals surface area contributed by atoms with Crippen molar-refractivity contribution in [3.63, 3.8) is 0 Å². The Morgan fingerprint density at radius 2 is 1.47 bits per heavy atom. The summed E-state index contributed by atoms with van der Waals surface area (Å²) in [5.41, 5.74) is 8.92. The van der Waals surface area contributed by atoms with Crippen molar-refractivity contribution in [2.75, 3.05) is 11.1 Å². The fourth-order valence-electron chi connectivity index (χ4n) is 4.57. The Hall–Kier alpha value is -3.49. The number of carbonyl (C=O) groups excluding carboxylic acids is 2. The lowest BCUT2D eigenvalue weighted by molar-refractivity contribution is 0.0980. The zero-order chi connectivity index (χ0) is 22.6. The molecule has 4 N–H and O–H groups in total. The molecule has 3 aromatic carbocycles. The van der Waals surface area contributed by atoms with Crippen LogP contribution in [0.5, 0.6) is 0 Å². The molecule has 0 spiro atoms. The zero-order valence-electron chi connectivity index (χ0n) is 17.0. The van der Waals surface area contributed by atoms with Crippen molar-refractivity contribution < 1.29 is 22.6 Å². The summed E-state index contributed by atoms with van der Waals surface area (Å²) in [4.78, 5) is 26.0. The van der Waals surface area contributed by atoms with Crippen molar-refractivity contribution in [1.82, 2.24) is 0 Å². The molecule has 0 atom stereocenters. The van der Waals surface area contributed by atoms with Gasteiger partial charge in [0.15, 0.2) is 11.6 Å². The van der Waals surface area contributed by atoms with Crippen molar-refractivity contribution in [3.8, 4) is 0 Å². The van der Waals surface area contributed by atoms with E-state index >= 15 is 0 Å². The van der Waals surface area contributed by atoms with Crippen molar-refractivity contribution in [1.29, 1.82) is 0 Å². The van der Waals surface area contributed by atoms with Crippen molar-refractivity contribution in [3.05, 3.63) is 81.9 Å². The van der Waals surface area contributed by atoms with Gasteiger partial charge in [-0.1, -0.05) is 30.3 Å². The molecule has 0 aliphatic heterocycles. The molecule has 162 valence electrons. The van der Waals surface area contributed by atoms with Gasteiger partial charge in [0, 0.05) is 16.8 Å². The predicted octanol–water partition coefficient (Wildman–Crippen LogP) is 3.91. The molecule has 5 rings (SSSR count). The molecule has 0 aromatic heterocycles. The maximum Gasteiger partial charge on any atom is 0.296 e. The third kappa shape index (κ3) is 3.19. The molecule has 0 fully saturated rings. The van der Waals surface area contributed by atoms with Gasteiger partial charge in [0.05, 0.1) is 22.5 Å². The second-order valence-corrected chi connectivity index (χ2v) is 9.47. The molecular formula is C24H20N2O5S. The molecule has 0 heterocycles. The Morgan fingerprint density at radius 3 is 2.12 bits per heavy atom. The summed E-state index contributed by atoms with van der Waals surface area (Å²) in [7, 11) is -4.74. The molecular weight excluding hydrogens is 428 g/mol. The second kappa shape index (κ2) is 7.29. The number of hydrogen-bond acceptors (Lipinski definition) is 6.